The molecule has 0 fully saturated rings. The Morgan fingerprint density at radius 3 is 2.13 bits per heavy atom. The maximum Gasteiger partial charge on any atom is 0.423 e. The molecular formula is C20H19F3N4O3. The molecule has 30 heavy (non-hydrogen) atoms. The van der Waals surface area contributed by atoms with Gasteiger partial charge in [-0.2, -0.15) is 13.2 Å². The summed E-state index contributed by atoms with van der Waals surface area (Å²) in [5.41, 5.74) is -0.504. The van der Waals surface area contributed by atoms with Crippen LogP contribution in [0.4, 0.5) is 18.9 Å². The zero-order valence-corrected chi connectivity index (χ0v) is 16.1. The lowest BCUT2D eigenvalue weighted by atomic mass is 9.90. The second kappa shape index (κ2) is 8.07. The molecule has 3 aromatic rings. The van der Waals surface area contributed by atoms with E-state index in [9.17, 15) is 22.8 Å². The summed E-state index contributed by atoms with van der Waals surface area (Å²) in [6, 6.07) is 15.9. The molecule has 0 spiro atoms. The number of rotatable bonds is 6. The van der Waals surface area contributed by atoms with Crippen molar-refractivity contribution in [2.24, 2.45) is 0 Å². The summed E-state index contributed by atoms with van der Waals surface area (Å²) in [6.45, 7) is 1.28. The number of hydrazine groups is 1. The SMILES string of the molecule is COC(=O)[C@](NNc1ccccc1)(c1c(C)[nH]n(-c2ccccc2)c1=O)C(F)(F)F. The summed E-state index contributed by atoms with van der Waals surface area (Å²) in [7, 11) is 0.824. The lowest BCUT2D eigenvalue weighted by Crippen LogP contribution is -2.63. The Morgan fingerprint density at radius 2 is 1.60 bits per heavy atom. The van der Waals surface area contributed by atoms with Gasteiger partial charge in [0.05, 0.1) is 18.4 Å². The van der Waals surface area contributed by atoms with E-state index in [0.29, 0.717) is 5.69 Å². The first-order valence-corrected chi connectivity index (χ1v) is 8.83. The molecule has 0 aliphatic carbocycles. The van der Waals surface area contributed by atoms with Gasteiger partial charge in [0.2, 0.25) is 0 Å². The highest BCUT2D eigenvalue weighted by Gasteiger charge is 2.65. The summed E-state index contributed by atoms with van der Waals surface area (Å²) < 4.78 is 48.7. The Labute approximate surface area is 169 Å². The second-order valence-electron chi connectivity index (χ2n) is 6.44. The number of hydrogen-bond donors (Lipinski definition) is 3. The number of alkyl halides is 3. The minimum atomic E-state index is -5.22. The highest BCUT2D eigenvalue weighted by Crippen LogP contribution is 2.40. The van der Waals surface area contributed by atoms with Crippen molar-refractivity contribution < 1.29 is 22.7 Å². The Morgan fingerprint density at radius 1 is 1.03 bits per heavy atom. The molecule has 158 valence electrons. The predicted octanol–water partition coefficient (Wildman–Crippen LogP) is 3.02. The molecule has 0 radical (unpaired) electrons. The number of hydrogen-bond acceptors (Lipinski definition) is 5. The van der Waals surface area contributed by atoms with Crippen molar-refractivity contribution in [1.29, 1.82) is 0 Å². The van der Waals surface area contributed by atoms with Crippen LogP contribution in [0.3, 0.4) is 0 Å². The number of H-pyrrole nitrogens is 1. The number of carbonyl (C=O) groups is 1. The van der Waals surface area contributed by atoms with Crippen LogP contribution in [0.15, 0.2) is 65.5 Å². The van der Waals surface area contributed by atoms with E-state index < -0.39 is 28.8 Å². The Balaban J connectivity index is 2.21. The van der Waals surface area contributed by atoms with Gasteiger partial charge in [0.25, 0.3) is 11.1 Å². The van der Waals surface area contributed by atoms with E-state index in [1.165, 1.54) is 19.1 Å². The number of para-hydroxylation sites is 2. The Bertz CT molecular complexity index is 1080. The summed E-state index contributed by atoms with van der Waals surface area (Å²) in [5.74, 6) is -1.68. The van der Waals surface area contributed by atoms with E-state index in [-0.39, 0.29) is 11.4 Å². The molecule has 1 atom stereocenters. The molecule has 7 nitrogen and oxygen atoms in total. The standard InChI is InChI=1S/C20H19F3N4O3/c1-13-16(17(28)27(25-13)15-11-7-4-8-12-15)19(18(29)30-2,20(21,22)23)26-24-14-9-5-3-6-10-14/h3-12,24-26H,1-2H3/t19-/m1/s1. The maximum absolute atomic E-state index is 14.4. The van der Waals surface area contributed by atoms with Gasteiger partial charge in [0.1, 0.15) is 0 Å². The normalized spacial score (nSPS) is 13.5. The fourth-order valence-electron chi connectivity index (χ4n) is 3.13. The average molecular weight is 420 g/mol. The molecule has 0 aliphatic rings. The van der Waals surface area contributed by atoms with E-state index in [4.69, 9.17) is 0 Å². The van der Waals surface area contributed by atoms with Crippen LogP contribution in [0.5, 0.6) is 0 Å². The molecule has 10 heteroatoms. The number of aryl methyl sites for hydroxylation is 1. The Kier molecular flexibility index (Phi) is 5.70. The molecule has 0 aliphatic heterocycles. The quantitative estimate of drug-likeness (QED) is 0.422. The molecule has 1 aromatic heterocycles. The minimum absolute atomic E-state index is 0.145. The van der Waals surface area contributed by atoms with Crippen molar-refractivity contribution in [2.45, 2.75) is 18.6 Å². The molecule has 0 amide bonds. The third-order valence-corrected chi connectivity index (χ3v) is 4.55. The number of benzene rings is 2. The number of ether oxygens (including phenoxy) is 1. The van der Waals surface area contributed by atoms with Crippen molar-refractivity contribution >= 4 is 11.7 Å². The van der Waals surface area contributed by atoms with Crippen molar-refractivity contribution in [2.75, 3.05) is 12.5 Å². The molecule has 0 unspecified atom stereocenters. The molecule has 1 heterocycles. The highest BCUT2D eigenvalue weighted by molar-refractivity contribution is 5.84. The largest absolute Gasteiger partial charge is 0.467 e. The van der Waals surface area contributed by atoms with Crippen LogP contribution in [0.1, 0.15) is 11.3 Å². The molecule has 3 rings (SSSR count). The first-order chi connectivity index (χ1) is 14.2. The summed E-state index contributed by atoms with van der Waals surface area (Å²) >= 11 is 0. The first kappa shape index (κ1) is 21.2. The lowest BCUT2D eigenvalue weighted by Gasteiger charge is -2.33. The van der Waals surface area contributed by atoms with Crippen LogP contribution < -0.4 is 16.4 Å². The lowest BCUT2D eigenvalue weighted by molar-refractivity contribution is -0.214. The zero-order chi connectivity index (χ0) is 21.9. The van der Waals surface area contributed by atoms with E-state index in [1.807, 2.05) is 5.43 Å². The Hall–Kier alpha value is -3.53. The molecular weight excluding hydrogens is 401 g/mol. The van der Waals surface area contributed by atoms with E-state index >= 15 is 0 Å². The number of nitrogens with one attached hydrogen (secondary N) is 3. The summed E-state index contributed by atoms with van der Waals surface area (Å²) in [4.78, 5) is 25.6. The monoisotopic (exact) mass is 420 g/mol. The van der Waals surface area contributed by atoms with Crippen LogP contribution >= 0.6 is 0 Å². The highest BCUT2D eigenvalue weighted by atomic mass is 19.4. The van der Waals surface area contributed by atoms with Crippen LogP contribution in [-0.4, -0.2) is 29.0 Å². The molecule has 2 aromatic carbocycles. The van der Waals surface area contributed by atoms with Crippen molar-refractivity contribution in [1.82, 2.24) is 15.2 Å². The number of carbonyl (C=O) groups excluding carboxylic acids is 1. The zero-order valence-electron chi connectivity index (χ0n) is 16.1. The predicted molar refractivity (Wildman–Crippen MR) is 104 cm³/mol. The summed E-state index contributed by atoms with van der Waals surface area (Å²) in [5, 5.41) is 2.61. The van der Waals surface area contributed by atoms with Gasteiger partial charge in [0, 0.05) is 11.4 Å². The van der Waals surface area contributed by atoms with Crippen LogP contribution in [0, 0.1) is 6.92 Å². The second-order valence-corrected chi connectivity index (χ2v) is 6.44. The third kappa shape index (κ3) is 3.57. The van der Waals surface area contributed by atoms with Gasteiger partial charge in [-0.05, 0) is 31.2 Å². The van der Waals surface area contributed by atoms with E-state index in [0.717, 1.165) is 11.8 Å². The molecule has 0 bridgehead atoms. The molecule has 0 saturated heterocycles. The van der Waals surface area contributed by atoms with Crippen molar-refractivity contribution in [3.05, 3.63) is 82.3 Å². The van der Waals surface area contributed by atoms with Gasteiger partial charge in [0.15, 0.2) is 0 Å². The molecule has 0 saturated carbocycles. The molecule has 3 N–H and O–H groups in total. The van der Waals surface area contributed by atoms with E-state index in [1.54, 1.807) is 48.5 Å². The van der Waals surface area contributed by atoms with E-state index in [2.05, 4.69) is 15.3 Å². The number of methoxy groups -OCH3 is 1. The van der Waals surface area contributed by atoms with Gasteiger partial charge in [-0.1, -0.05) is 36.4 Å². The summed E-state index contributed by atoms with van der Waals surface area (Å²) in [6.07, 6.45) is -5.22. The average Bonchev–Trinajstić information content (AvgIpc) is 3.03. The minimum Gasteiger partial charge on any atom is -0.467 e. The third-order valence-electron chi connectivity index (χ3n) is 4.55. The van der Waals surface area contributed by atoms with Crippen LogP contribution in [-0.2, 0) is 15.1 Å². The van der Waals surface area contributed by atoms with Crippen LogP contribution in [0.2, 0.25) is 0 Å². The van der Waals surface area contributed by atoms with Gasteiger partial charge in [-0.25, -0.2) is 14.9 Å². The topological polar surface area (TPSA) is 88.2 Å². The number of aromatic nitrogens is 2. The number of anilines is 1. The first-order valence-electron chi connectivity index (χ1n) is 8.83. The smallest absolute Gasteiger partial charge is 0.423 e. The fourth-order valence-corrected chi connectivity index (χ4v) is 3.13. The van der Waals surface area contributed by atoms with Crippen molar-refractivity contribution in [3.63, 3.8) is 0 Å². The van der Waals surface area contributed by atoms with Gasteiger partial charge in [-0.15, -0.1) is 0 Å². The van der Waals surface area contributed by atoms with Gasteiger partial charge >= 0.3 is 12.1 Å². The number of halogens is 3. The van der Waals surface area contributed by atoms with Crippen molar-refractivity contribution in [3.8, 4) is 5.69 Å². The number of esters is 1. The maximum atomic E-state index is 14.4. The van der Waals surface area contributed by atoms with Gasteiger partial charge < -0.3 is 10.2 Å². The fraction of sp³-hybridized carbons (Fsp3) is 0.200. The van der Waals surface area contributed by atoms with Gasteiger partial charge in [-0.3, -0.25) is 9.89 Å². The number of nitrogens with zero attached hydrogens (tertiary/aromatic N) is 1. The van der Waals surface area contributed by atoms with Crippen LogP contribution in [0.25, 0.3) is 5.69 Å². The number of aromatic amines is 1.